The Bertz CT molecular complexity index is 724. The Kier molecular flexibility index (Phi) is 6.16. The summed E-state index contributed by atoms with van der Waals surface area (Å²) >= 11 is 0. The lowest BCUT2D eigenvalue weighted by atomic mass is 10.1. The van der Waals surface area contributed by atoms with Gasteiger partial charge in [0.2, 0.25) is 15.9 Å². The third-order valence-corrected chi connectivity index (χ3v) is 7.02. The summed E-state index contributed by atoms with van der Waals surface area (Å²) in [4.78, 5) is 16.6. The van der Waals surface area contributed by atoms with Crippen LogP contribution in [0.25, 0.3) is 0 Å². The number of ether oxygens (including phenoxy) is 1. The topological polar surface area (TPSA) is 70.2 Å². The van der Waals surface area contributed by atoms with Crippen LogP contribution in [-0.4, -0.2) is 81.4 Å². The van der Waals surface area contributed by atoms with Crippen LogP contribution in [0.4, 0.5) is 0 Å². The summed E-state index contributed by atoms with van der Waals surface area (Å²) in [5.41, 5.74) is 0. The normalized spacial score (nSPS) is 20.1. The molecule has 2 aliphatic heterocycles. The predicted molar refractivity (Wildman–Crippen MR) is 98.6 cm³/mol. The molecule has 26 heavy (non-hydrogen) atoms. The highest BCUT2D eigenvalue weighted by Gasteiger charge is 2.31. The van der Waals surface area contributed by atoms with E-state index in [0.29, 0.717) is 38.5 Å². The van der Waals surface area contributed by atoms with E-state index >= 15 is 0 Å². The van der Waals surface area contributed by atoms with Gasteiger partial charge in [-0.25, -0.2) is 8.42 Å². The number of piperazine rings is 1. The van der Waals surface area contributed by atoms with E-state index in [0.717, 1.165) is 25.9 Å². The van der Waals surface area contributed by atoms with Crippen LogP contribution >= 0.6 is 0 Å². The Morgan fingerprint density at radius 2 is 1.65 bits per heavy atom. The number of hydrogen-bond acceptors (Lipinski definition) is 5. The fourth-order valence-corrected chi connectivity index (χ4v) is 5.11. The minimum absolute atomic E-state index is 0.158. The highest BCUT2D eigenvalue weighted by atomic mass is 32.2. The molecule has 0 aliphatic carbocycles. The second-order valence-corrected chi connectivity index (χ2v) is 8.68. The summed E-state index contributed by atoms with van der Waals surface area (Å²) < 4.78 is 32.5. The van der Waals surface area contributed by atoms with E-state index in [1.54, 1.807) is 24.3 Å². The number of amides is 1. The Morgan fingerprint density at radius 3 is 2.31 bits per heavy atom. The fraction of sp³-hybridized carbons (Fsp3) is 0.611. The van der Waals surface area contributed by atoms with E-state index in [1.807, 2.05) is 9.80 Å². The Labute approximate surface area is 155 Å². The molecule has 2 heterocycles. The van der Waals surface area contributed by atoms with Gasteiger partial charge in [-0.3, -0.25) is 9.69 Å². The third-order valence-electron chi connectivity index (χ3n) is 5.09. The maximum atomic E-state index is 12.9. The molecule has 0 N–H and O–H groups in total. The Hall–Kier alpha value is -1.64. The van der Waals surface area contributed by atoms with E-state index in [4.69, 9.17) is 4.74 Å². The molecule has 1 aromatic rings. The quantitative estimate of drug-likeness (QED) is 0.761. The van der Waals surface area contributed by atoms with E-state index in [2.05, 4.69) is 0 Å². The molecule has 0 atom stereocenters. The summed E-state index contributed by atoms with van der Waals surface area (Å²) in [6, 6.07) is 6.67. The molecular weight excluding hydrogens is 354 g/mol. The van der Waals surface area contributed by atoms with Gasteiger partial charge in [0.05, 0.1) is 13.7 Å². The molecule has 0 aromatic heterocycles. The monoisotopic (exact) mass is 381 g/mol. The van der Waals surface area contributed by atoms with Gasteiger partial charge in [0.15, 0.2) is 0 Å². The zero-order chi connectivity index (χ0) is 18.6. The van der Waals surface area contributed by atoms with Crippen molar-refractivity contribution in [1.82, 2.24) is 14.1 Å². The van der Waals surface area contributed by atoms with Crippen LogP contribution in [0.3, 0.4) is 0 Å². The lowest BCUT2D eigenvalue weighted by Crippen LogP contribution is -2.51. The summed E-state index contributed by atoms with van der Waals surface area (Å²) in [5.74, 6) is 0.515. The molecule has 2 fully saturated rings. The number of rotatable bonds is 5. The van der Waals surface area contributed by atoms with Crippen LogP contribution in [0.15, 0.2) is 29.2 Å². The molecular formula is C18H27N3O4S. The van der Waals surface area contributed by atoms with Crippen molar-refractivity contribution in [3.05, 3.63) is 24.3 Å². The number of methoxy groups -OCH3 is 1. The van der Waals surface area contributed by atoms with Crippen LogP contribution < -0.4 is 4.74 Å². The Balaban J connectivity index is 1.58. The van der Waals surface area contributed by atoms with Gasteiger partial charge in [-0.1, -0.05) is 12.1 Å². The van der Waals surface area contributed by atoms with E-state index in [9.17, 15) is 13.2 Å². The van der Waals surface area contributed by atoms with Crippen LogP contribution in [0.2, 0.25) is 0 Å². The number of nitrogens with zero attached hydrogens (tertiary/aromatic N) is 3. The van der Waals surface area contributed by atoms with Gasteiger partial charge in [-0.05, 0) is 31.4 Å². The van der Waals surface area contributed by atoms with Crippen LogP contribution in [0.5, 0.6) is 5.75 Å². The lowest BCUT2D eigenvalue weighted by Gasteiger charge is -2.35. The molecule has 0 unspecified atom stereocenters. The van der Waals surface area contributed by atoms with Crippen molar-refractivity contribution in [1.29, 1.82) is 0 Å². The Morgan fingerprint density at radius 1 is 1.00 bits per heavy atom. The molecule has 1 aromatic carbocycles. The van der Waals surface area contributed by atoms with Gasteiger partial charge in [-0.15, -0.1) is 0 Å². The molecule has 0 saturated carbocycles. The molecule has 1 amide bonds. The predicted octanol–water partition coefficient (Wildman–Crippen LogP) is 1.01. The number of hydrogen-bond donors (Lipinski definition) is 0. The minimum Gasteiger partial charge on any atom is -0.495 e. The molecule has 2 aliphatic rings. The number of likely N-dealkylation sites (tertiary alicyclic amines) is 1. The van der Waals surface area contributed by atoms with Gasteiger partial charge in [0.25, 0.3) is 0 Å². The molecule has 2 saturated heterocycles. The van der Waals surface area contributed by atoms with Crippen LogP contribution in [0.1, 0.15) is 19.3 Å². The first kappa shape index (κ1) is 19.1. The second-order valence-electron chi connectivity index (χ2n) is 6.77. The van der Waals surface area contributed by atoms with Crippen molar-refractivity contribution < 1.29 is 17.9 Å². The zero-order valence-electron chi connectivity index (χ0n) is 15.3. The largest absolute Gasteiger partial charge is 0.495 e. The smallest absolute Gasteiger partial charge is 0.246 e. The third kappa shape index (κ3) is 4.19. The average Bonchev–Trinajstić information content (AvgIpc) is 2.69. The zero-order valence-corrected chi connectivity index (χ0v) is 16.1. The second kappa shape index (κ2) is 8.37. The lowest BCUT2D eigenvalue weighted by molar-refractivity contribution is -0.133. The van der Waals surface area contributed by atoms with Crippen LogP contribution in [-0.2, 0) is 14.8 Å². The molecule has 0 bridgehead atoms. The van der Waals surface area contributed by atoms with E-state index in [-0.39, 0.29) is 10.8 Å². The van der Waals surface area contributed by atoms with Crippen molar-refractivity contribution in [3.63, 3.8) is 0 Å². The van der Waals surface area contributed by atoms with Gasteiger partial charge in [0.1, 0.15) is 10.6 Å². The van der Waals surface area contributed by atoms with E-state index in [1.165, 1.54) is 17.8 Å². The number of carbonyl (C=O) groups is 1. The fourth-order valence-electron chi connectivity index (χ4n) is 3.53. The molecule has 7 nitrogen and oxygen atoms in total. The van der Waals surface area contributed by atoms with Crippen molar-refractivity contribution in [2.45, 2.75) is 24.2 Å². The summed E-state index contributed by atoms with van der Waals surface area (Å²) in [6.07, 6.45) is 3.36. The highest BCUT2D eigenvalue weighted by molar-refractivity contribution is 7.89. The first-order valence-corrected chi connectivity index (χ1v) is 10.6. The molecule has 0 radical (unpaired) electrons. The number of benzene rings is 1. The van der Waals surface area contributed by atoms with Crippen molar-refractivity contribution >= 4 is 15.9 Å². The maximum Gasteiger partial charge on any atom is 0.246 e. The molecule has 3 rings (SSSR count). The van der Waals surface area contributed by atoms with Crippen molar-refractivity contribution in [2.24, 2.45) is 0 Å². The highest BCUT2D eigenvalue weighted by Crippen LogP contribution is 2.26. The molecule has 8 heteroatoms. The van der Waals surface area contributed by atoms with Gasteiger partial charge in [-0.2, -0.15) is 4.31 Å². The van der Waals surface area contributed by atoms with Crippen LogP contribution in [0, 0.1) is 0 Å². The first-order chi connectivity index (χ1) is 12.5. The number of para-hydroxylation sites is 1. The number of sulfonamides is 1. The molecule has 0 spiro atoms. The van der Waals surface area contributed by atoms with Gasteiger partial charge in [0, 0.05) is 39.3 Å². The summed E-state index contributed by atoms with van der Waals surface area (Å²) in [6.45, 7) is 3.97. The maximum absolute atomic E-state index is 12.9. The number of piperidine rings is 1. The van der Waals surface area contributed by atoms with Crippen molar-refractivity contribution in [3.8, 4) is 5.75 Å². The first-order valence-electron chi connectivity index (χ1n) is 9.15. The average molecular weight is 381 g/mol. The van der Waals surface area contributed by atoms with Crippen molar-refractivity contribution in [2.75, 3.05) is 52.9 Å². The van der Waals surface area contributed by atoms with Gasteiger partial charge < -0.3 is 9.64 Å². The number of carbonyl (C=O) groups excluding carboxylic acids is 1. The SMILES string of the molecule is COc1ccccc1S(=O)(=O)N1CCN(CC(=O)N2CCCCC2)CC1. The van der Waals surface area contributed by atoms with E-state index < -0.39 is 10.0 Å². The van der Waals surface area contributed by atoms with Gasteiger partial charge >= 0.3 is 0 Å². The summed E-state index contributed by atoms with van der Waals surface area (Å²) in [5, 5.41) is 0. The minimum atomic E-state index is -3.59. The molecule has 144 valence electrons. The standard InChI is InChI=1S/C18H27N3O4S/c1-25-16-7-3-4-8-17(16)26(23,24)21-13-11-19(12-14-21)15-18(22)20-9-5-2-6-10-20/h3-4,7-8H,2,5-6,9-15H2,1H3. The summed E-state index contributed by atoms with van der Waals surface area (Å²) in [7, 11) is -2.12.